The van der Waals surface area contributed by atoms with Crippen LogP contribution in [0.25, 0.3) is 0 Å². The minimum atomic E-state index is 0. The van der Waals surface area contributed by atoms with Crippen LogP contribution in [0.2, 0.25) is 0 Å². The predicted molar refractivity (Wildman–Crippen MR) is 114 cm³/mol. The Bertz CT molecular complexity index is 537. The minimum absolute atomic E-state index is 0. The van der Waals surface area contributed by atoms with E-state index in [2.05, 4.69) is 29.5 Å². The summed E-state index contributed by atoms with van der Waals surface area (Å²) in [6, 6.07) is 3.74. The largest absolute Gasteiger partial charge is 0.496 e. The highest BCUT2D eigenvalue weighted by Crippen LogP contribution is 2.34. The molecule has 0 aliphatic heterocycles. The molecule has 0 saturated carbocycles. The summed E-state index contributed by atoms with van der Waals surface area (Å²) < 4.78 is 16.1. The van der Waals surface area contributed by atoms with Crippen molar-refractivity contribution in [3.8, 4) is 17.2 Å². The lowest BCUT2D eigenvalue weighted by Gasteiger charge is -2.16. The van der Waals surface area contributed by atoms with Crippen LogP contribution in [0.1, 0.15) is 32.3 Å². The molecule has 0 amide bonds. The fourth-order valence-corrected chi connectivity index (χ4v) is 2.35. The Balaban J connectivity index is 0.00000576. The standard InChI is InChI=1S/C18H31N3O3.HI/c1-13(2)8-7-9-20-18(19-3)21-12-14-10-16(23-5)17(24-6)11-15(14)22-4;/h10-11,13H,7-9,12H2,1-6H3,(H2,19,20,21);1H. The summed E-state index contributed by atoms with van der Waals surface area (Å²) in [6.45, 7) is 5.95. The molecule has 144 valence electrons. The molecule has 0 saturated heterocycles. The van der Waals surface area contributed by atoms with Gasteiger partial charge < -0.3 is 24.8 Å². The molecule has 0 unspecified atom stereocenters. The second kappa shape index (κ2) is 12.9. The molecule has 6 nitrogen and oxygen atoms in total. The Kier molecular flexibility index (Phi) is 12.2. The summed E-state index contributed by atoms with van der Waals surface area (Å²) in [4.78, 5) is 4.25. The maximum absolute atomic E-state index is 5.44. The minimum Gasteiger partial charge on any atom is -0.496 e. The van der Waals surface area contributed by atoms with Crippen LogP contribution in [-0.4, -0.2) is 40.9 Å². The summed E-state index contributed by atoms with van der Waals surface area (Å²) in [5.41, 5.74) is 0.972. The van der Waals surface area contributed by atoms with E-state index in [1.165, 1.54) is 6.42 Å². The van der Waals surface area contributed by atoms with Crippen molar-refractivity contribution in [2.45, 2.75) is 33.2 Å². The van der Waals surface area contributed by atoms with Crippen LogP contribution in [0.15, 0.2) is 17.1 Å². The van der Waals surface area contributed by atoms with Gasteiger partial charge >= 0.3 is 0 Å². The van der Waals surface area contributed by atoms with Crippen molar-refractivity contribution < 1.29 is 14.2 Å². The first-order valence-corrected chi connectivity index (χ1v) is 8.29. The Hall–Kier alpha value is -1.38. The average Bonchev–Trinajstić information content (AvgIpc) is 2.59. The van der Waals surface area contributed by atoms with Gasteiger partial charge in [0.25, 0.3) is 0 Å². The van der Waals surface area contributed by atoms with Gasteiger partial charge in [-0.1, -0.05) is 13.8 Å². The lowest BCUT2D eigenvalue weighted by molar-refractivity contribution is 0.347. The predicted octanol–water partition coefficient (Wildman–Crippen LogP) is 3.43. The van der Waals surface area contributed by atoms with Gasteiger partial charge in [-0.2, -0.15) is 0 Å². The van der Waals surface area contributed by atoms with Gasteiger partial charge in [-0.15, -0.1) is 24.0 Å². The number of methoxy groups -OCH3 is 3. The van der Waals surface area contributed by atoms with Gasteiger partial charge in [0, 0.05) is 31.8 Å². The number of halogens is 1. The second-order valence-electron chi connectivity index (χ2n) is 5.91. The summed E-state index contributed by atoms with van der Waals surface area (Å²) in [5, 5.41) is 6.63. The van der Waals surface area contributed by atoms with Crippen molar-refractivity contribution in [1.29, 1.82) is 0 Å². The molecule has 0 radical (unpaired) electrons. The van der Waals surface area contributed by atoms with Crippen LogP contribution in [0.4, 0.5) is 0 Å². The van der Waals surface area contributed by atoms with Gasteiger partial charge in [0.15, 0.2) is 17.5 Å². The molecular formula is C18H32IN3O3. The highest BCUT2D eigenvalue weighted by Gasteiger charge is 2.12. The first-order valence-electron chi connectivity index (χ1n) is 8.29. The maximum atomic E-state index is 5.44. The third kappa shape index (κ3) is 8.02. The fourth-order valence-electron chi connectivity index (χ4n) is 2.35. The molecular weight excluding hydrogens is 433 g/mol. The van der Waals surface area contributed by atoms with Gasteiger partial charge in [0.05, 0.1) is 21.3 Å². The third-order valence-corrected chi connectivity index (χ3v) is 3.71. The van der Waals surface area contributed by atoms with Crippen LogP contribution in [-0.2, 0) is 6.54 Å². The molecule has 25 heavy (non-hydrogen) atoms. The fraction of sp³-hybridized carbons (Fsp3) is 0.611. The van der Waals surface area contributed by atoms with E-state index in [4.69, 9.17) is 14.2 Å². The van der Waals surface area contributed by atoms with Crippen molar-refractivity contribution in [3.05, 3.63) is 17.7 Å². The zero-order chi connectivity index (χ0) is 17.9. The molecule has 0 heterocycles. The van der Waals surface area contributed by atoms with E-state index in [1.807, 2.05) is 12.1 Å². The molecule has 7 heteroatoms. The van der Waals surface area contributed by atoms with Gasteiger partial charge in [0.1, 0.15) is 5.75 Å². The van der Waals surface area contributed by atoms with Gasteiger partial charge in [-0.25, -0.2) is 0 Å². The zero-order valence-corrected chi connectivity index (χ0v) is 18.5. The summed E-state index contributed by atoms with van der Waals surface area (Å²) in [7, 11) is 6.64. The van der Waals surface area contributed by atoms with Crippen molar-refractivity contribution in [1.82, 2.24) is 10.6 Å². The summed E-state index contributed by atoms with van der Waals surface area (Å²) in [5.74, 6) is 3.56. The van der Waals surface area contributed by atoms with Gasteiger partial charge in [-0.3, -0.25) is 4.99 Å². The molecule has 1 rings (SSSR count). The number of ether oxygens (including phenoxy) is 3. The van der Waals surface area contributed by atoms with Crippen molar-refractivity contribution >= 4 is 29.9 Å². The van der Waals surface area contributed by atoms with Crippen LogP contribution in [0.3, 0.4) is 0 Å². The number of nitrogens with one attached hydrogen (secondary N) is 2. The number of aliphatic imine (C=N–C) groups is 1. The lowest BCUT2D eigenvalue weighted by atomic mass is 10.1. The third-order valence-electron chi connectivity index (χ3n) is 3.71. The van der Waals surface area contributed by atoms with Crippen molar-refractivity contribution in [2.24, 2.45) is 10.9 Å². The second-order valence-corrected chi connectivity index (χ2v) is 5.91. The molecule has 0 spiro atoms. The van der Waals surface area contributed by atoms with Crippen LogP contribution in [0, 0.1) is 5.92 Å². The number of hydrogen-bond acceptors (Lipinski definition) is 4. The van der Waals surface area contributed by atoms with E-state index in [0.717, 1.165) is 36.2 Å². The Morgan fingerprint density at radius 2 is 1.60 bits per heavy atom. The maximum Gasteiger partial charge on any atom is 0.191 e. The molecule has 0 aliphatic rings. The van der Waals surface area contributed by atoms with Crippen LogP contribution >= 0.6 is 24.0 Å². The quantitative estimate of drug-likeness (QED) is 0.253. The number of nitrogens with zero attached hydrogens (tertiary/aromatic N) is 1. The molecule has 1 aromatic rings. The number of guanidine groups is 1. The van der Waals surface area contributed by atoms with Gasteiger partial charge in [-0.05, 0) is 24.8 Å². The first kappa shape index (κ1) is 23.6. The topological polar surface area (TPSA) is 64.1 Å². The molecule has 0 bridgehead atoms. The van der Waals surface area contributed by atoms with E-state index < -0.39 is 0 Å². The van der Waals surface area contributed by atoms with Crippen molar-refractivity contribution in [2.75, 3.05) is 34.9 Å². The summed E-state index contributed by atoms with van der Waals surface area (Å²) >= 11 is 0. The molecule has 0 aliphatic carbocycles. The highest BCUT2D eigenvalue weighted by molar-refractivity contribution is 14.0. The smallest absolute Gasteiger partial charge is 0.191 e. The zero-order valence-electron chi connectivity index (χ0n) is 16.1. The Morgan fingerprint density at radius 3 is 2.12 bits per heavy atom. The Labute approximate surface area is 168 Å². The number of hydrogen-bond donors (Lipinski definition) is 2. The lowest BCUT2D eigenvalue weighted by Crippen LogP contribution is -2.37. The molecule has 0 aromatic heterocycles. The van der Waals surface area contributed by atoms with Gasteiger partial charge in [0.2, 0.25) is 0 Å². The highest BCUT2D eigenvalue weighted by atomic mass is 127. The SMILES string of the molecule is CN=C(NCCCC(C)C)NCc1cc(OC)c(OC)cc1OC.I. The average molecular weight is 465 g/mol. The number of benzene rings is 1. The molecule has 0 atom stereocenters. The first-order chi connectivity index (χ1) is 11.5. The van der Waals surface area contributed by atoms with E-state index in [9.17, 15) is 0 Å². The molecule has 0 fully saturated rings. The monoisotopic (exact) mass is 465 g/mol. The van der Waals surface area contributed by atoms with E-state index >= 15 is 0 Å². The van der Waals surface area contributed by atoms with Crippen molar-refractivity contribution in [3.63, 3.8) is 0 Å². The van der Waals surface area contributed by atoms with E-state index in [0.29, 0.717) is 18.0 Å². The molecule has 2 N–H and O–H groups in total. The van der Waals surface area contributed by atoms with E-state index in [1.54, 1.807) is 28.4 Å². The molecule has 1 aromatic carbocycles. The summed E-state index contributed by atoms with van der Waals surface area (Å²) in [6.07, 6.45) is 2.32. The normalized spacial score (nSPS) is 10.9. The van der Waals surface area contributed by atoms with E-state index in [-0.39, 0.29) is 24.0 Å². The van der Waals surface area contributed by atoms with Crippen LogP contribution in [0.5, 0.6) is 17.2 Å². The van der Waals surface area contributed by atoms with Crippen LogP contribution < -0.4 is 24.8 Å². The number of rotatable bonds is 9. The Morgan fingerprint density at radius 1 is 1.00 bits per heavy atom.